The highest BCUT2D eigenvalue weighted by Gasteiger charge is 2.21. The van der Waals surface area contributed by atoms with Gasteiger partial charge in [-0.3, -0.25) is 0 Å². The lowest BCUT2D eigenvalue weighted by Gasteiger charge is -2.16. The van der Waals surface area contributed by atoms with Crippen LogP contribution in [0.25, 0.3) is 0 Å². The van der Waals surface area contributed by atoms with Gasteiger partial charge in [-0.05, 0) is 28.1 Å². The number of benzene rings is 1. The van der Waals surface area contributed by atoms with E-state index in [2.05, 4.69) is 20.7 Å². The van der Waals surface area contributed by atoms with Crippen molar-refractivity contribution < 1.29 is 23.4 Å². The van der Waals surface area contributed by atoms with E-state index in [1.807, 2.05) is 0 Å². The molecule has 1 aromatic carbocycles. The topological polar surface area (TPSA) is 44.8 Å². The molecule has 0 N–H and O–H groups in total. The Morgan fingerprint density at radius 1 is 1.47 bits per heavy atom. The number of carbonyl (C=O) groups is 1. The van der Waals surface area contributed by atoms with Crippen LogP contribution in [-0.4, -0.2) is 32.9 Å². The fraction of sp³-hybridized carbons (Fsp3) is 0.364. The van der Waals surface area contributed by atoms with Gasteiger partial charge in [-0.25, -0.2) is 9.18 Å². The summed E-state index contributed by atoms with van der Waals surface area (Å²) in [6.45, 7) is 0.0321. The van der Waals surface area contributed by atoms with E-state index in [9.17, 15) is 9.18 Å². The first kappa shape index (κ1) is 13.9. The van der Waals surface area contributed by atoms with Crippen LogP contribution in [0, 0.1) is 5.82 Å². The molecule has 0 aromatic heterocycles. The lowest BCUT2D eigenvalue weighted by Crippen LogP contribution is -2.32. The number of rotatable bonds is 5. The predicted molar refractivity (Wildman–Crippen MR) is 62.4 cm³/mol. The van der Waals surface area contributed by atoms with Crippen molar-refractivity contribution in [1.82, 2.24) is 0 Å². The van der Waals surface area contributed by atoms with Gasteiger partial charge in [-0.1, -0.05) is 0 Å². The van der Waals surface area contributed by atoms with Crippen molar-refractivity contribution in [2.24, 2.45) is 0 Å². The number of ether oxygens (including phenoxy) is 3. The molecule has 0 aliphatic carbocycles. The molecule has 0 saturated carbocycles. The minimum Gasteiger partial charge on any atom is -0.476 e. The van der Waals surface area contributed by atoms with E-state index in [-0.39, 0.29) is 12.4 Å². The number of esters is 1. The van der Waals surface area contributed by atoms with Crippen LogP contribution in [0.1, 0.15) is 0 Å². The zero-order chi connectivity index (χ0) is 12.8. The Kier molecular flexibility index (Phi) is 5.37. The molecular weight excluding hydrogens is 295 g/mol. The van der Waals surface area contributed by atoms with Crippen LogP contribution < -0.4 is 4.74 Å². The van der Waals surface area contributed by atoms with Crippen LogP contribution >= 0.6 is 15.9 Å². The highest BCUT2D eigenvalue weighted by atomic mass is 79.9. The molecule has 4 nitrogen and oxygen atoms in total. The SMILES string of the molecule is COCC(Oc1ccc(Br)c(F)c1)C(=O)OC. The van der Waals surface area contributed by atoms with Gasteiger partial charge in [0.05, 0.1) is 18.2 Å². The molecule has 0 radical (unpaired) electrons. The lowest BCUT2D eigenvalue weighted by molar-refractivity contribution is -0.151. The third-order valence-electron chi connectivity index (χ3n) is 1.95. The van der Waals surface area contributed by atoms with Crippen molar-refractivity contribution >= 4 is 21.9 Å². The van der Waals surface area contributed by atoms with Gasteiger partial charge in [0.15, 0.2) is 0 Å². The molecule has 0 amide bonds. The zero-order valence-electron chi connectivity index (χ0n) is 9.41. The number of halogens is 2. The van der Waals surface area contributed by atoms with Gasteiger partial charge in [-0.15, -0.1) is 0 Å². The van der Waals surface area contributed by atoms with Crippen LogP contribution in [0.2, 0.25) is 0 Å². The van der Waals surface area contributed by atoms with Crippen molar-refractivity contribution in [2.45, 2.75) is 6.10 Å². The highest BCUT2D eigenvalue weighted by molar-refractivity contribution is 9.10. The van der Waals surface area contributed by atoms with Crippen molar-refractivity contribution in [3.63, 3.8) is 0 Å². The molecule has 1 atom stereocenters. The van der Waals surface area contributed by atoms with Crippen molar-refractivity contribution in [3.8, 4) is 5.75 Å². The van der Waals surface area contributed by atoms with Crippen LogP contribution in [-0.2, 0) is 14.3 Å². The van der Waals surface area contributed by atoms with Gasteiger partial charge < -0.3 is 14.2 Å². The second-order valence-electron chi connectivity index (χ2n) is 3.16. The van der Waals surface area contributed by atoms with Gasteiger partial charge in [0.1, 0.15) is 11.6 Å². The number of methoxy groups -OCH3 is 2. The van der Waals surface area contributed by atoms with E-state index < -0.39 is 17.9 Å². The molecule has 94 valence electrons. The first-order valence-electron chi connectivity index (χ1n) is 4.77. The van der Waals surface area contributed by atoms with E-state index in [0.29, 0.717) is 4.47 Å². The summed E-state index contributed by atoms with van der Waals surface area (Å²) >= 11 is 3.02. The monoisotopic (exact) mass is 306 g/mol. The number of hydrogen-bond donors (Lipinski definition) is 0. The Morgan fingerprint density at radius 2 is 2.18 bits per heavy atom. The van der Waals surface area contributed by atoms with Gasteiger partial charge in [0.25, 0.3) is 0 Å². The average Bonchev–Trinajstić information content (AvgIpc) is 2.32. The van der Waals surface area contributed by atoms with Crippen LogP contribution in [0.3, 0.4) is 0 Å². The minimum absolute atomic E-state index is 0.0321. The molecule has 1 rings (SSSR count). The molecule has 0 fully saturated rings. The Morgan fingerprint density at radius 3 is 2.71 bits per heavy atom. The smallest absolute Gasteiger partial charge is 0.349 e. The van der Waals surface area contributed by atoms with E-state index in [1.165, 1.54) is 26.4 Å². The third kappa shape index (κ3) is 3.98. The number of carbonyl (C=O) groups excluding carboxylic acids is 1. The minimum atomic E-state index is -0.912. The predicted octanol–water partition coefficient (Wildman–Crippen LogP) is 2.16. The molecule has 1 unspecified atom stereocenters. The Hall–Kier alpha value is -1.14. The molecule has 0 bridgehead atoms. The fourth-order valence-electron chi connectivity index (χ4n) is 1.15. The summed E-state index contributed by atoms with van der Waals surface area (Å²) < 4.78 is 28.2. The molecular formula is C11H12BrFO4. The summed E-state index contributed by atoms with van der Waals surface area (Å²) in [5, 5.41) is 0. The first-order valence-corrected chi connectivity index (χ1v) is 5.56. The summed E-state index contributed by atoms with van der Waals surface area (Å²) in [6, 6.07) is 4.21. The standard InChI is InChI=1S/C11H12BrFO4/c1-15-6-10(11(14)16-2)17-7-3-4-8(12)9(13)5-7/h3-5,10H,6H2,1-2H3. The molecule has 0 spiro atoms. The summed E-state index contributed by atoms with van der Waals surface area (Å²) in [4.78, 5) is 11.3. The van der Waals surface area contributed by atoms with Crippen LogP contribution in [0.5, 0.6) is 5.75 Å². The zero-order valence-corrected chi connectivity index (χ0v) is 11.0. The Labute approximate surface area is 107 Å². The largest absolute Gasteiger partial charge is 0.476 e. The van der Waals surface area contributed by atoms with Gasteiger partial charge in [0.2, 0.25) is 6.10 Å². The molecule has 0 aliphatic heterocycles. The lowest BCUT2D eigenvalue weighted by atomic mass is 10.3. The Bertz CT molecular complexity index is 397. The van der Waals surface area contributed by atoms with Crippen LogP contribution in [0.15, 0.2) is 22.7 Å². The normalized spacial score (nSPS) is 12.0. The number of hydrogen-bond acceptors (Lipinski definition) is 4. The molecule has 1 aromatic rings. The molecule has 0 aliphatic rings. The maximum Gasteiger partial charge on any atom is 0.349 e. The molecule has 6 heteroatoms. The maximum absolute atomic E-state index is 13.2. The van der Waals surface area contributed by atoms with E-state index in [1.54, 1.807) is 6.07 Å². The van der Waals surface area contributed by atoms with Gasteiger partial charge in [-0.2, -0.15) is 0 Å². The van der Waals surface area contributed by atoms with E-state index >= 15 is 0 Å². The van der Waals surface area contributed by atoms with Crippen molar-refractivity contribution in [2.75, 3.05) is 20.8 Å². The third-order valence-corrected chi connectivity index (χ3v) is 2.59. The summed E-state index contributed by atoms with van der Waals surface area (Å²) in [5.41, 5.74) is 0. The molecule has 17 heavy (non-hydrogen) atoms. The van der Waals surface area contributed by atoms with Crippen LogP contribution in [0.4, 0.5) is 4.39 Å². The van der Waals surface area contributed by atoms with Crippen molar-refractivity contribution in [3.05, 3.63) is 28.5 Å². The van der Waals surface area contributed by atoms with Crippen molar-refractivity contribution in [1.29, 1.82) is 0 Å². The average molecular weight is 307 g/mol. The fourth-order valence-corrected chi connectivity index (χ4v) is 1.39. The van der Waals surface area contributed by atoms with E-state index in [0.717, 1.165) is 0 Å². The maximum atomic E-state index is 13.2. The highest BCUT2D eigenvalue weighted by Crippen LogP contribution is 2.21. The Balaban J connectivity index is 2.78. The summed E-state index contributed by atoms with van der Waals surface area (Å²) in [5.74, 6) is -0.808. The van der Waals surface area contributed by atoms with Gasteiger partial charge in [0, 0.05) is 13.2 Å². The summed E-state index contributed by atoms with van der Waals surface area (Å²) in [7, 11) is 2.68. The van der Waals surface area contributed by atoms with E-state index in [4.69, 9.17) is 9.47 Å². The molecule has 0 heterocycles. The summed E-state index contributed by atoms with van der Waals surface area (Å²) in [6.07, 6.45) is -0.912. The quantitative estimate of drug-likeness (QED) is 0.782. The second kappa shape index (κ2) is 6.56. The first-order chi connectivity index (χ1) is 8.08. The molecule has 0 saturated heterocycles. The van der Waals surface area contributed by atoms with Gasteiger partial charge >= 0.3 is 5.97 Å². The second-order valence-corrected chi connectivity index (χ2v) is 4.02.